The Morgan fingerprint density at radius 2 is 2.00 bits per heavy atom. The van der Waals surface area contributed by atoms with Crippen molar-refractivity contribution >= 4 is 5.97 Å². The van der Waals surface area contributed by atoms with Gasteiger partial charge in [0.15, 0.2) is 0 Å². The molecule has 0 bridgehead atoms. The highest BCUT2D eigenvalue weighted by Gasteiger charge is 2.14. The highest BCUT2D eigenvalue weighted by molar-refractivity contribution is 5.71. The van der Waals surface area contributed by atoms with E-state index in [1.54, 1.807) is 13.8 Å². The van der Waals surface area contributed by atoms with Gasteiger partial charge in [-0.25, -0.2) is 0 Å². The lowest BCUT2D eigenvalue weighted by Gasteiger charge is -2.11. The standard InChI is InChI=1S/C13H15NO2/c1-10(2)13(15)16-9-12(8-14)11-6-4-3-5-7-11/h3-7,10,12H,9H2,1-2H3. The molecule has 1 atom stereocenters. The summed E-state index contributed by atoms with van der Waals surface area (Å²) in [6, 6.07) is 11.5. The first kappa shape index (κ1) is 12.3. The first-order valence-electron chi connectivity index (χ1n) is 5.26. The summed E-state index contributed by atoms with van der Waals surface area (Å²) >= 11 is 0. The number of ether oxygens (including phenoxy) is 1. The van der Waals surface area contributed by atoms with E-state index >= 15 is 0 Å². The summed E-state index contributed by atoms with van der Waals surface area (Å²) in [6.07, 6.45) is 0. The van der Waals surface area contributed by atoms with E-state index in [0.717, 1.165) is 5.56 Å². The topological polar surface area (TPSA) is 50.1 Å². The summed E-state index contributed by atoms with van der Waals surface area (Å²) in [5.74, 6) is -0.810. The second-order valence-electron chi connectivity index (χ2n) is 3.88. The van der Waals surface area contributed by atoms with Gasteiger partial charge in [0.2, 0.25) is 0 Å². The van der Waals surface area contributed by atoms with Crippen LogP contribution < -0.4 is 0 Å². The third-order valence-corrected chi connectivity index (χ3v) is 2.22. The molecule has 0 aromatic heterocycles. The molecule has 0 radical (unpaired) electrons. The van der Waals surface area contributed by atoms with Crippen LogP contribution in [0.4, 0.5) is 0 Å². The Labute approximate surface area is 95.7 Å². The molecular formula is C13H15NO2. The van der Waals surface area contributed by atoms with Gasteiger partial charge >= 0.3 is 5.97 Å². The fraction of sp³-hybridized carbons (Fsp3) is 0.385. The highest BCUT2D eigenvalue weighted by atomic mass is 16.5. The second kappa shape index (κ2) is 5.92. The zero-order chi connectivity index (χ0) is 12.0. The minimum atomic E-state index is -0.385. The maximum absolute atomic E-state index is 11.3. The molecular weight excluding hydrogens is 202 g/mol. The zero-order valence-electron chi connectivity index (χ0n) is 9.51. The van der Waals surface area contributed by atoms with Crippen LogP contribution in [-0.4, -0.2) is 12.6 Å². The van der Waals surface area contributed by atoms with Gasteiger partial charge in [-0.3, -0.25) is 4.79 Å². The molecule has 1 aromatic rings. The van der Waals surface area contributed by atoms with Gasteiger partial charge in [0.1, 0.15) is 12.5 Å². The molecule has 0 heterocycles. The number of nitrogens with zero attached hydrogens (tertiary/aromatic N) is 1. The number of esters is 1. The van der Waals surface area contributed by atoms with Gasteiger partial charge in [-0.2, -0.15) is 5.26 Å². The molecule has 1 rings (SSSR count). The van der Waals surface area contributed by atoms with Crippen LogP contribution in [0.3, 0.4) is 0 Å². The van der Waals surface area contributed by atoms with Crippen LogP contribution in [0.1, 0.15) is 25.3 Å². The van der Waals surface area contributed by atoms with Crippen molar-refractivity contribution in [3.05, 3.63) is 35.9 Å². The minimum Gasteiger partial charge on any atom is -0.464 e. The molecule has 0 N–H and O–H groups in total. The van der Waals surface area contributed by atoms with Gasteiger partial charge in [-0.05, 0) is 5.56 Å². The number of nitriles is 1. The molecule has 1 aromatic carbocycles. The molecule has 84 valence electrons. The van der Waals surface area contributed by atoms with E-state index in [0.29, 0.717) is 0 Å². The molecule has 16 heavy (non-hydrogen) atoms. The molecule has 0 saturated carbocycles. The van der Waals surface area contributed by atoms with E-state index in [1.165, 1.54) is 0 Å². The van der Waals surface area contributed by atoms with Crippen molar-refractivity contribution in [2.75, 3.05) is 6.61 Å². The number of carbonyl (C=O) groups is 1. The predicted octanol–water partition coefficient (Wildman–Crippen LogP) is 2.49. The lowest BCUT2D eigenvalue weighted by atomic mass is 10.0. The van der Waals surface area contributed by atoms with Gasteiger partial charge in [0.25, 0.3) is 0 Å². The van der Waals surface area contributed by atoms with Gasteiger partial charge < -0.3 is 4.74 Å². The number of carbonyl (C=O) groups excluding carboxylic acids is 1. The fourth-order valence-electron chi connectivity index (χ4n) is 1.23. The monoisotopic (exact) mass is 217 g/mol. The van der Waals surface area contributed by atoms with E-state index in [9.17, 15) is 4.79 Å². The van der Waals surface area contributed by atoms with Gasteiger partial charge in [-0.1, -0.05) is 44.2 Å². The van der Waals surface area contributed by atoms with Crippen molar-refractivity contribution in [1.82, 2.24) is 0 Å². The zero-order valence-corrected chi connectivity index (χ0v) is 9.51. The average Bonchev–Trinajstić information content (AvgIpc) is 2.30. The van der Waals surface area contributed by atoms with Crippen molar-refractivity contribution in [2.45, 2.75) is 19.8 Å². The van der Waals surface area contributed by atoms with E-state index in [2.05, 4.69) is 6.07 Å². The molecule has 0 fully saturated rings. The Morgan fingerprint density at radius 3 is 2.50 bits per heavy atom. The number of benzene rings is 1. The quantitative estimate of drug-likeness (QED) is 0.728. The van der Waals surface area contributed by atoms with Crippen LogP contribution in [0.5, 0.6) is 0 Å². The Kier molecular flexibility index (Phi) is 4.53. The summed E-state index contributed by atoms with van der Waals surface area (Å²) < 4.78 is 5.05. The van der Waals surface area contributed by atoms with Crippen LogP contribution in [0, 0.1) is 17.2 Å². The number of rotatable bonds is 4. The molecule has 1 unspecified atom stereocenters. The Morgan fingerprint density at radius 1 is 1.38 bits per heavy atom. The maximum atomic E-state index is 11.3. The van der Waals surface area contributed by atoms with Crippen molar-refractivity contribution < 1.29 is 9.53 Å². The predicted molar refractivity (Wildman–Crippen MR) is 60.6 cm³/mol. The van der Waals surface area contributed by atoms with E-state index in [-0.39, 0.29) is 24.4 Å². The van der Waals surface area contributed by atoms with Gasteiger partial charge in [0.05, 0.1) is 12.0 Å². The highest BCUT2D eigenvalue weighted by Crippen LogP contribution is 2.15. The van der Waals surface area contributed by atoms with E-state index < -0.39 is 0 Å². The van der Waals surface area contributed by atoms with Crippen molar-refractivity contribution in [2.24, 2.45) is 5.92 Å². The van der Waals surface area contributed by atoms with E-state index in [1.807, 2.05) is 30.3 Å². The van der Waals surface area contributed by atoms with Gasteiger partial charge in [-0.15, -0.1) is 0 Å². The molecule has 0 spiro atoms. The lowest BCUT2D eigenvalue weighted by Crippen LogP contribution is -2.16. The number of hydrogen-bond acceptors (Lipinski definition) is 3. The first-order chi connectivity index (χ1) is 7.65. The third-order valence-electron chi connectivity index (χ3n) is 2.22. The average molecular weight is 217 g/mol. The summed E-state index contributed by atoms with van der Waals surface area (Å²) in [5, 5.41) is 8.99. The molecule has 3 nitrogen and oxygen atoms in total. The molecule has 0 aliphatic heterocycles. The summed E-state index contributed by atoms with van der Waals surface area (Å²) in [4.78, 5) is 11.3. The lowest BCUT2D eigenvalue weighted by molar-refractivity contribution is -0.147. The first-order valence-corrected chi connectivity index (χ1v) is 5.26. The van der Waals surface area contributed by atoms with Crippen LogP contribution in [0.2, 0.25) is 0 Å². The Bertz CT molecular complexity index is 379. The Balaban J connectivity index is 2.58. The van der Waals surface area contributed by atoms with E-state index in [4.69, 9.17) is 10.00 Å². The SMILES string of the molecule is CC(C)C(=O)OCC(C#N)c1ccccc1. The molecule has 3 heteroatoms. The smallest absolute Gasteiger partial charge is 0.308 e. The largest absolute Gasteiger partial charge is 0.464 e. The maximum Gasteiger partial charge on any atom is 0.308 e. The van der Waals surface area contributed by atoms with Crippen molar-refractivity contribution in [1.29, 1.82) is 5.26 Å². The second-order valence-corrected chi connectivity index (χ2v) is 3.88. The van der Waals surface area contributed by atoms with Crippen molar-refractivity contribution in [3.8, 4) is 6.07 Å². The molecule has 0 aliphatic rings. The van der Waals surface area contributed by atoms with Gasteiger partial charge in [0, 0.05) is 0 Å². The summed E-state index contributed by atoms with van der Waals surface area (Å²) in [7, 11) is 0. The normalized spacial score (nSPS) is 11.9. The molecule has 0 amide bonds. The van der Waals surface area contributed by atoms with Crippen LogP contribution in [0.25, 0.3) is 0 Å². The summed E-state index contributed by atoms with van der Waals surface area (Å²) in [6.45, 7) is 3.66. The van der Waals surface area contributed by atoms with Crippen LogP contribution >= 0.6 is 0 Å². The van der Waals surface area contributed by atoms with Crippen LogP contribution in [0.15, 0.2) is 30.3 Å². The summed E-state index contributed by atoms with van der Waals surface area (Å²) in [5.41, 5.74) is 0.876. The number of hydrogen-bond donors (Lipinski definition) is 0. The molecule has 0 aliphatic carbocycles. The molecule has 0 saturated heterocycles. The Hall–Kier alpha value is -1.82. The van der Waals surface area contributed by atoms with Crippen molar-refractivity contribution in [3.63, 3.8) is 0 Å². The van der Waals surface area contributed by atoms with Crippen LogP contribution in [-0.2, 0) is 9.53 Å². The fourth-order valence-corrected chi connectivity index (χ4v) is 1.23. The third kappa shape index (κ3) is 3.39. The minimum absolute atomic E-state index is 0.123.